The van der Waals surface area contributed by atoms with Crippen LogP contribution < -0.4 is 0 Å². The zero-order chi connectivity index (χ0) is 18.1. The maximum absolute atomic E-state index is 12.9. The molecule has 26 heavy (non-hydrogen) atoms. The number of likely N-dealkylation sites (tertiary alicyclic amines) is 1. The average Bonchev–Trinajstić information content (AvgIpc) is 3.28. The third-order valence-electron chi connectivity index (χ3n) is 4.70. The minimum absolute atomic E-state index is 0.00316. The lowest BCUT2D eigenvalue weighted by molar-refractivity contribution is -0.385. The predicted octanol–water partition coefficient (Wildman–Crippen LogP) is 4.11. The Kier molecular flexibility index (Phi) is 4.38. The van der Waals surface area contributed by atoms with E-state index in [-0.39, 0.29) is 24.1 Å². The number of nitrogens with zero attached hydrogens (tertiary/aromatic N) is 3. The maximum atomic E-state index is 12.9. The van der Waals surface area contributed by atoms with Crippen molar-refractivity contribution in [3.8, 4) is 0 Å². The molecule has 1 aliphatic rings. The van der Waals surface area contributed by atoms with Gasteiger partial charge in [0.05, 0.1) is 27.6 Å². The number of nitro benzene ring substituents is 1. The molecule has 1 atom stereocenters. The maximum Gasteiger partial charge on any atom is 0.273 e. The fourth-order valence-electron chi connectivity index (χ4n) is 3.46. The molecule has 1 aromatic heterocycles. The molecule has 1 saturated heterocycles. The van der Waals surface area contributed by atoms with Gasteiger partial charge in [-0.15, -0.1) is 11.3 Å². The Balaban J connectivity index is 1.58. The topological polar surface area (TPSA) is 76.3 Å². The summed E-state index contributed by atoms with van der Waals surface area (Å²) in [5.41, 5.74) is 1.40. The van der Waals surface area contributed by atoms with E-state index in [1.807, 2.05) is 29.2 Å². The molecular weight excluding hydrogens is 350 g/mol. The van der Waals surface area contributed by atoms with Gasteiger partial charge in [-0.1, -0.05) is 30.3 Å². The third-order valence-corrected chi connectivity index (χ3v) is 5.84. The van der Waals surface area contributed by atoms with E-state index in [2.05, 4.69) is 0 Å². The fraction of sp³-hybridized carbons (Fsp3) is 0.263. The van der Waals surface area contributed by atoms with E-state index >= 15 is 0 Å². The number of hydrogen-bond donors (Lipinski definition) is 0. The molecule has 0 spiro atoms. The molecule has 1 fully saturated rings. The van der Waals surface area contributed by atoms with Crippen molar-refractivity contribution in [1.29, 1.82) is 0 Å². The van der Waals surface area contributed by atoms with Crippen molar-refractivity contribution >= 4 is 33.1 Å². The van der Waals surface area contributed by atoms with Crippen LogP contribution in [0.15, 0.2) is 48.5 Å². The first kappa shape index (κ1) is 16.7. The number of amides is 1. The van der Waals surface area contributed by atoms with Crippen molar-refractivity contribution in [2.45, 2.75) is 25.3 Å². The Labute approximate surface area is 154 Å². The van der Waals surface area contributed by atoms with E-state index < -0.39 is 4.92 Å². The van der Waals surface area contributed by atoms with Gasteiger partial charge in [0.25, 0.3) is 5.69 Å². The molecule has 0 radical (unpaired) electrons. The second-order valence-electron chi connectivity index (χ2n) is 6.33. The van der Waals surface area contributed by atoms with Gasteiger partial charge in [0.2, 0.25) is 5.91 Å². The summed E-state index contributed by atoms with van der Waals surface area (Å²) in [4.78, 5) is 30.1. The van der Waals surface area contributed by atoms with Gasteiger partial charge in [0.15, 0.2) is 0 Å². The van der Waals surface area contributed by atoms with Crippen LogP contribution in [0, 0.1) is 10.1 Å². The molecule has 4 rings (SSSR count). The minimum Gasteiger partial charge on any atom is -0.333 e. The van der Waals surface area contributed by atoms with Crippen LogP contribution >= 0.6 is 11.3 Å². The molecule has 1 amide bonds. The highest BCUT2D eigenvalue weighted by molar-refractivity contribution is 7.18. The summed E-state index contributed by atoms with van der Waals surface area (Å²) in [5.74, 6) is -0.0824. The first-order valence-corrected chi connectivity index (χ1v) is 9.32. The Morgan fingerprint density at radius 1 is 1.23 bits per heavy atom. The van der Waals surface area contributed by atoms with E-state index in [9.17, 15) is 14.9 Å². The van der Waals surface area contributed by atoms with Crippen molar-refractivity contribution in [2.75, 3.05) is 6.54 Å². The van der Waals surface area contributed by atoms with E-state index in [0.717, 1.165) is 28.1 Å². The number of hydrogen-bond acceptors (Lipinski definition) is 5. The van der Waals surface area contributed by atoms with Crippen molar-refractivity contribution in [2.24, 2.45) is 0 Å². The molecule has 6 nitrogen and oxygen atoms in total. The summed E-state index contributed by atoms with van der Waals surface area (Å²) in [6.45, 7) is 0.667. The molecular formula is C19H17N3O3S. The third kappa shape index (κ3) is 3.06. The molecule has 132 valence electrons. The van der Waals surface area contributed by atoms with Gasteiger partial charge in [-0.25, -0.2) is 4.98 Å². The number of nitro groups is 1. The Bertz CT molecular complexity index is 952. The van der Waals surface area contributed by atoms with Crippen LogP contribution in [0.4, 0.5) is 5.69 Å². The fourth-order valence-corrected chi connectivity index (χ4v) is 4.57. The number of aromatic nitrogens is 1. The van der Waals surface area contributed by atoms with Gasteiger partial charge in [-0.2, -0.15) is 0 Å². The molecule has 0 bridgehead atoms. The number of thiazole rings is 1. The summed E-state index contributed by atoms with van der Waals surface area (Å²) in [7, 11) is 0. The summed E-state index contributed by atoms with van der Waals surface area (Å²) in [6.07, 6.45) is 1.84. The van der Waals surface area contributed by atoms with Crippen molar-refractivity contribution in [3.63, 3.8) is 0 Å². The number of fused-ring (bicyclic) bond motifs is 1. The largest absolute Gasteiger partial charge is 0.333 e. The number of carbonyl (C=O) groups is 1. The first-order chi connectivity index (χ1) is 12.6. The van der Waals surface area contributed by atoms with Gasteiger partial charge in [-0.3, -0.25) is 14.9 Å². The van der Waals surface area contributed by atoms with Crippen LogP contribution in [-0.4, -0.2) is 27.3 Å². The molecule has 0 N–H and O–H groups in total. The first-order valence-electron chi connectivity index (χ1n) is 8.51. The van der Waals surface area contributed by atoms with Gasteiger partial charge >= 0.3 is 0 Å². The monoisotopic (exact) mass is 367 g/mol. The molecule has 0 unspecified atom stereocenters. The standard InChI is InChI=1S/C19H17N3O3S/c23-18(12-13-6-1-3-8-15(13)22(24)25)21-11-5-9-16(21)19-20-14-7-2-4-10-17(14)26-19/h1-4,6-8,10,16H,5,9,11-12H2/t16-/m0/s1. The van der Waals surface area contributed by atoms with E-state index in [0.29, 0.717) is 12.1 Å². The number of rotatable bonds is 4. The highest BCUT2D eigenvalue weighted by atomic mass is 32.1. The Morgan fingerprint density at radius 3 is 2.81 bits per heavy atom. The minimum atomic E-state index is -0.433. The molecule has 2 aromatic carbocycles. The second kappa shape index (κ2) is 6.84. The molecule has 3 aromatic rings. The Hall–Kier alpha value is -2.80. The van der Waals surface area contributed by atoms with Crippen LogP contribution in [0.3, 0.4) is 0 Å². The lowest BCUT2D eigenvalue weighted by atomic mass is 10.1. The number of para-hydroxylation sites is 2. The van der Waals surface area contributed by atoms with Gasteiger partial charge in [-0.05, 0) is 25.0 Å². The number of carbonyl (C=O) groups excluding carboxylic acids is 1. The lowest BCUT2D eigenvalue weighted by Crippen LogP contribution is -2.31. The SMILES string of the molecule is O=C(Cc1ccccc1[N+](=O)[O-])N1CCC[C@H]1c1nc2ccccc2s1. The van der Waals surface area contributed by atoms with E-state index in [1.165, 1.54) is 6.07 Å². The van der Waals surface area contributed by atoms with E-state index in [1.54, 1.807) is 29.5 Å². The number of benzene rings is 2. The second-order valence-corrected chi connectivity index (χ2v) is 7.39. The summed E-state index contributed by atoms with van der Waals surface area (Å²) in [5, 5.41) is 12.1. The van der Waals surface area contributed by atoms with Crippen LogP contribution in [-0.2, 0) is 11.2 Å². The molecule has 1 aliphatic heterocycles. The van der Waals surface area contributed by atoms with Gasteiger partial charge in [0.1, 0.15) is 5.01 Å². The Morgan fingerprint density at radius 2 is 2.00 bits per heavy atom. The van der Waals surface area contributed by atoms with Crippen LogP contribution in [0.5, 0.6) is 0 Å². The van der Waals surface area contributed by atoms with Crippen molar-refractivity contribution < 1.29 is 9.72 Å². The average molecular weight is 367 g/mol. The van der Waals surface area contributed by atoms with Crippen LogP contribution in [0.2, 0.25) is 0 Å². The van der Waals surface area contributed by atoms with Crippen molar-refractivity contribution in [3.05, 3.63) is 69.2 Å². The smallest absolute Gasteiger partial charge is 0.273 e. The summed E-state index contributed by atoms with van der Waals surface area (Å²) < 4.78 is 1.11. The summed E-state index contributed by atoms with van der Waals surface area (Å²) in [6, 6.07) is 14.3. The molecule has 0 aliphatic carbocycles. The van der Waals surface area contributed by atoms with Crippen molar-refractivity contribution in [1.82, 2.24) is 9.88 Å². The zero-order valence-electron chi connectivity index (χ0n) is 14.0. The highest BCUT2D eigenvalue weighted by Gasteiger charge is 2.32. The normalized spacial score (nSPS) is 16.9. The molecule has 2 heterocycles. The molecule has 7 heteroatoms. The van der Waals surface area contributed by atoms with E-state index in [4.69, 9.17) is 4.98 Å². The predicted molar refractivity (Wildman–Crippen MR) is 100 cm³/mol. The van der Waals surface area contributed by atoms with Gasteiger partial charge < -0.3 is 4.90 Å². The highest BCUT2D eigenvalue weighted by Crippen LogP contribution is 2.37. The quantitative estimate of drug-likeness (QED) is 0.514. The zero-order valence-corrected chi connectivity index (χ0v) is 14.8. The summed E-state index contributed by atoms with van der Waals surface area (Å²) >= 11 is 1.62. The van der Waals surface area contributed by atoms with Gasteiger partial charge in [0, 0.05) is 18.2 Å². The van der Waals surface area contributed by atoms with Crippen LogP contribution in [0.25, 0.3) is 10.2 Å². The lowest BCUT2D eigenvalue weighted by Gasteiger charge is -2.23. The van der Waals surface area contributed by atoms with Crippen LogP contribution in [0.1, 0.15) is 29.5 Å². The molecule has 0 saturated carbocycles.